The molecule has 0 fully saturated rings. The number of methoxy groups -OCH3 is 1. The van der Waals surface area contributed by atoms with Gasteiger partial charge in [0, 0.05) is 11.4 Å². The number of hydrogen-bond donors (Lipinski definition) is 1. The van der Waals surface area contributed by atoms with Crippen LogP contribution in [0, 0.1) is 0 Å². The second-order valence-electron chi connectivity index (χ2n) is 5.76. The van der Waals surface area contributed by atoms with Crippen LogP contribution in [-0.4, -0.2) is 38.1 Å². The largest absolute Gasteiger partial charge is 0.465 e. The van der Waals surface area contributed by atoms with E-state index in [2.05, 4.69) is 15.0 Å². The summed E-state index contributed by atoms with van der Waals surface area (Å²) < 4.78 is 30.0. The molecule has 0 saturated carbocycles. The van der Waals surface area contributed by atoms with Gasteiger partial charge in [0.25, 0.3) is 0 Å². The number of nitrogens with zero attached hydrogens (tertiary/aromatic N) is 1. The van der Waals surface area contributed by atoms with Crippen molar-refractivity contribution in [1.82, 2.24) is 4.98 Å². The Kier molecular flexibility index (Phi) is 5.97. The standard InChI is InChI=1S/C18H15ClN2O5S2/c1-26-17(23)11-2-7-14-15(10-11)27-18(20-14)21-16(22)8-9-28(24,25)13-5-3-12(19)4-6-13/h2-7,10H,8-9H2,1H3,(H,20,21,22). The van der Waals surface area contributed by atoms with Crippen LogP contribution in [0.1, 0.15) is 16.8 Å². The molecular weight excluding hydrogens is 424 g/mol. The Labute approximate surface area is 170 Å². The van der Waals surface area contributed by atoms with Crippen molar-refractivity contribution in [3.63, 3.8) is 0 Å². The van der Waals surface area contributed by atoms with E-state index >= 15 is 0 Å². The van der Waals surface area contributed by atoms with Crippen molar-refractivity contribution in [1.29, 1.82) is 0 Å². The highest BCUT2D eigenvalue weighted by Gasteiger charge is 2.17. The third kappa shape index (κ3) is 4.67. The number of rotatable bonds is 6. The summed E-state index contributed by atoms with van der Waals surface area (Å²) in [4.78, 5) is 28.1. The number of nitrogens with one attached hydrogen (secondary N) is 1. The molecule has 0 spiro atoms. The van der Waals surface area contributed by atoms with Crippen molar-refractivity contribution in [3.8, 4) is 0 Å². The van der Waals surface area contributed by atoms with Crippen LogP contribution in [0.4, 0.5) is 5.13 Å². The minimum absolute atomic E-state index is 0.111. The molecule has 1 amide bonds. The van der Waals surface area contributed by atoms with Crippen LogP contribution in [0.2, 0.25) is 5.02 Å². The normalized spacial score (nSPS) is 11.4. The molecule has 0 aliphatic rings. The number of hydrogen-bond acceptors (Lipinski definition) is 7. The van der Waals surface area contributed by atoms with Crippen LogP contribution in [0.3, 0.4) is 0 Å². The van der Waals surface area contributed by atoms with Gasteiger partial charge in [0.1, 0.15) is 0 Å². The number of thiazole rings is 1. The van der Waals surface area contributed by atoms with E-state index in [0.717, 1.165) is 0 Å². The number of ether oxygens (including phenoxy) is 1. The molecule has 1 N–H and O–H groups in total. The molecule has 1 aromatic heterocycles. The Hall–Kier alpha value is -2.49. The predicted molar refractivity (Wildman–Crippen MR) is 108 cm³/mol. The number of esters is 1. The first kappa shape index (κ1) is 20.2. The molecule has 0 saturated heterocycles. The SMILES string of the molecule is COC(=O)c1ccc2nc(NC(=O)CCS(=O)(=O)c3ccc(Cl)cc3)sc2c1. The summed E-state index contributed by atoms with van der Waals surface area (Å²) in [5, 5.41) is 3.35. The molecule has 7 nitrogen and oxygen atoms in total. The lowest BCUT2D eigenvalue weighted by atomic mass is 10.2. The fourth-order valence-corrected chi connectivity index (χ4v) is 4.68. The molecule has 3 aromatic rings. The van der Waals surface area contributed by atoms with E-state index in [1.54, 1.807) is 18.2 Å². The smallest absolute Gasteiger partial charge is 0.337 e. The monoisotopic (exact) mass is 438 g/mol. The van der Waals surface area contributed by atoms with Gasteiger partial charge >= 0.3 is 5.97 Å². The summed E-state index contributed by atoms with van der Waals surface area (Å²) in [5.41, 5.74) is 0.993. The van der Waals surface area contributed by atoms with Crippen molar-refractivity contribution in [2.45, 2.75) is 11.3 Å². The van der Waals surface area contributed by atoms with Gasteiger partial charge in [0.05, 0.1) is 33.5 Å². The van der Waals surface area contributed by atoms with Gasteiger partial charge in [-0.05, 0) is 42.5 Å². The van der Waals surface area contributed by atoms with Crippen LogP contribution < -0.4 is 5.32 Å². The molecule has 1 heterocycles. The van der Waals surface area contributed by atoms with Gasteiger partial charge in [-0.25, -0.2) is 18.2 Å². The maximum absolute atomic E-state index is 12.3. The third-order valence-electron chi connectivity index (χ3n) is 3.83. The molecule has 0 atom stereocenters. The Balaban J connectivity index is 1.66. The van der Waals surface area contributed by atoms with Gasteiger partial charge in [0.15, 0.2) is 15.0 Å². The zero-order chi connectivity index (χ0) is 20.3. The number of carbonyl (C=O) groups excluding carboxylic acids is 2. The van der Waals surface area contributed by atoms with Crippen LogP contribution in [-0.2, 0) is 19.4 Å². The maximum Gasteiger partial charge on any atom is 0.337 e. The van der Waals surface area contributed by atoms with Crippen molar-refractivity contribution >= 4 is 60.0 Å². The zero-order valence-electron chi connectivity index (χ0n) is 14.6. The molecule has 3 rings (SSSR count). The number of aromatic nitrogens is 1. The van der Waals surface area contributed by atoms with Crippen LogP contribution >= 0.6 is 22.9 Å². The van der Waals surface area contributed by atoms with E-state index < -0.39 is 21.7 Å². The summed E-state index contributed by atoms with van der Waals surface area (Å²) >= 11 is 6.94. The van der Waals surface area contributed by atoms with Crippen LogP contribution in [0.25, 0.3) is 10.2 Å². The molecule has 2 aromatic carbocycles. The van der Waals surface area contributed by atoms with E-state index in [-0.39, 0.29) is 17.1 Å². The van der Waals surface area contributed by atoms with E-state index in [0.29, 0.717) is 25.9 Å². The topological polar surface area (TPSA) is 102 Å². The summed E-state index contributed by atoms with van der Waals surface area (Å²) in [6.07, 6.45) is -0.214. The number of halogens is 1. The lowest BCUT2D eigenvalue weighted by molar-refractivity contribution is -0.115. The zero-order valence-corrected chi connectivity index (χ0v) is 17.0. The van der Waals surface area contributed by atoms with Crippen molar-refractivity contribution in [2.24, 2.45) is 0 Å². The van der Waals surface area contributed by atoms with Gasteiger partial charge in [-0.1, -0.05) is 22.9 Å². The summed E-state index contributed by atoms with van der Waals surface area (Å²) in [6, 6.07) is 10.6. The number of fused-ring (bicyclic) bond motifs is 1. The molecule has 146 valence electrons. The lowest BCUT2D eigenvalue weighted by Gasteiger charge is -2.04. The fourth-order valence-electron chi connectivity index (χ4n) is 2.39. The highest BCUT2D eigenvalue weighted by molar-refractivity contribution is 7.91. The molecule has 10 heteroatoms. The van der Waals surface area contributed by atoms with E-state index in [4.69, 9.17) is 11.6 Å². The Morgan fingerprint density at radius 2 is 1.89 bits per heavy atom. The van der Waals surface area contributed by atoms with Crippen molar-refractivity contribution in [2.75, 3.05) is 18.2 Å². The second kappa shape index (κ2) is 8.26. The number of sulfone groups is 1. The summed E-state index contributed by atoms with van der Waals surface area (Å²) in [7, 11) is -2.30. The summed E-state index contributed by atoms with van der Waals surface area (Å²) in [6.45, 7) is 0. The molecule has 0 aliphatic heterocycles. The van der Waals surface area contributed by atoms with Gasteiger partial charge in [-0.3, -0.25) is 4.79 Å². The average molecular weight is 439 g/mol. The Morgan fingerprint density at radius 1 is 1.18 bits per heavy atom. The lowest BCUT2D eigenvalue weighted by Crippen LogP contribution is -2.17. The molecule has 28 heavy (non-hydrogen) atoms. The third-order valence-corrected chi connectivity index (χ3v) is 6.74. The molecule has 0 unspecified atom stereocenters. The number of carbonyl (C=O) groups is 2. The van der Waals surface area contributed by atoms with E-state index in [1.807, 2.05) is 0 Å². The Morgan fingerprint density at radius 3 is 2.57 bits per heavy atom. The van der Waals surface area contributed by atoms with E-state index in [1.165, 1.54) is 42.7 Å². The minimum atomic E-state index is -3.59. The highest BCUT2D eigenvalue weighted by atomic mass is 35.5. The molecule has 0 aliphatic carbocycles. The molecule has 0 radical (unpaired) electrons. The van der Waals surface area contributed by atoms with Gasteiger partial charge in [0.2, 0.25) is 5.91 Å². The quantitative estimate of drug-likeness (QED) is 0.590. The first-order valence-electron chi connectivity index (χ1n) is 8.05. The van der Waals surface area contributed by atoms with Crippen LogP contribution in [0.5, 0.6) is 0 Å². The summed E-state index contributed by atoms with van der Waals surface area (Å²) in [5.74, 6) is -1.27. The van der Waals surface area contributed by atoms with E-state index in [9.17, 15) is 18.0 Å². The highest BCUT2D eigenvalue weighted by Crippen LogP contribution is 2.27. The van der Waals surface area contributed by atoms with Crippen molar-refractivity contribution < 1.29 is 22.7 Å². The average Bonchev–Trinajstić information content (AvgIpc) is 3.07. The number of anilines is 1. The number of benzene rings is 2. The van der Waals surface area contributed by atoms with Gasteiger partial charge < -0.3 is 10.1 Å². The van der Waals surface area contributed by atoms with Gasteiger partial charge in [-0.2, -0.15) is 0 Å². The predicted octanol–water partition coefficient (Wildman–Crippen LogP) is 3.54. The fraction of sp³-hybridized carbons (Fsp3) is 0.167. The minimum Gasteiger partial charge on any atom is -0.465 e. The van der Waals surface area contributed by atoms with Crippen molar-refractivity contribution in [3.05, 3.63) is 53.1 Å². The molecular formula is C18H15ClN2O5S2. The van der Waals surface area contributed by atoms with Crippen LogP contribution in [0.15, 0.2) is 47.4 Å². The maximum atomic E-state index is 12.3. The van der Waals surface area contributed by atoms with Gasteiger partial charge in [-0.15, -0.1) is 0 Å². The number of amides is 1. The Bertz CT molecular complexity index is 1140. The molecule has 0 bridgehead atoms. The first-order chi connectivity index (χ1) is 13.3. The second-order valence-corrected chi connectivity index (χ2v) is 9.34. The first-order valence-corrected chi connectivity index (χ1v) is 10.9.